The van der Waals surface area contributed by atoms with E-state index in [0.717, 1.165) is 22.0 Å². The standard InChI is InChI=1S/C21H18N4O2S/c1-13-22-18(12-28-13)14-6-8-15(9-7-14)23-20(26)11-10-19-24-17-5-3-2-4-16(17)21(27)25-19/h2-9,12H,10-11H2,1H3,(H,23,26)(H,24,25,27). The van der Waals surface area contributed by atoms with Crippen LogP contribution in [0.2, 0.25) is 0 Å². The molecule has 0 saturated heterocycles. The largest absolute Gasteiger partial charge is 0.326 e. The smallest absolute Gasteiger partial charge is 0.258 e. The molecular formula is C21H18N4O2S. The molecule has 140 valence electrons. The number of para-hydroxylation sites is 1. The van der Waals surface area contributed by atoms with Crippen molar-refractivity contribution in [3.63, 3.8) is 0 Å². The molecule has 7 heteroatoms. The first kappa shape index (κ1) is 18.1. The van der Waals surface area contributed by atoms with E-state index in [1.165, 1.54) is 0 Å². The molecule has 0 spiro atoms. The van der Waals surface area contributed by atoms with Gasteiger partial charge in [0.2, 0.25) is 5.91 Å². The van der Waals surface area contributed by atoms with Crippen LogP contribution in [0.1, 0.15) is 17.3 Å². The van der Waals surface area contributed by atoms with Gasteiger partial charge in [-0.15, -0.1) is 11.3 Å². The molecule has 2 aromatic carbocycles. The highest BCUT2D eigenvalue weighted by molar-refractivity contribution is 7.09. The van der Waals surface area contributed by atoms with Crippen molar-refractivity contribution in [2.75, 3.05) is 5.32 Å². The van der Waals surface area contributed by atoms with E-state index in [1.807, 2.05) is 42.6 Å². The number of H-pyrrole nitrogens is 1. The highest BCUT2D eigenvalue weighted by atomic mass is 32.1. The molecule has 28 heavy (non-hydrogen) atoms. The zero-order chi connectivity index (χ0) is 19.5. The predicted octanol–water partition coefficient (Wildman–Crippen LogP) is 3.93. The molecule has 0 aliphatic carbocycles. The van der Waals surface area contributed by atoms with Gasteiger partial charge in [-0.1, -0.05) is 24.3 Å². The Hall–Kier alpha value is -3.32. The van der Waals surface area contributed by atoms with Crippen LogP contribution < -0.4 is 10.9 Å². The number of amides is 1. The number of hydrogen-bond acceptors (Lipinski definition) is 5. The third-order valence-electron chi connectivity index (χ3n) is 4.33. The van der Waals surface area contributed by atoms with E-state index in [2.05, 4.69) is 20.3 Å². The molecule has 0 bridgehead atoms. The number of aromatic amines is 1. The maximum Gasteiger partial charge on any atom is 0.258 e. The van der Waals surface area contributed by atoms with E-state index >= 15 is 0 Å². The monoisotopic (exact) mass is 390 g/mol. The van der Waals surface area contributed by atoms with E-state index < -0.39 is 0 Å². The molecule has 1 amide bonds. The second-order valence-electron chi connectivity index (χ2n) is 6.41. The minimum Gasteiger partial charge on any atom is -0.326 e. The second-order valence-corrected chi connectivity index (χ2v) is 7.47. The van der Waals surface area contributed by atoms with Gasteiger partial charge < -0.3 is 10.3 Å². The number of carbonyl (C=O) groups excluding carboxylic acids is 1. The lowest BCUT2D eigenvalue weighted by Gasteiger charge is -2.06. The summed E-state index contributed by atoms with van der Waals surface area (Å²) < 4.78 is 0. The fourth-order valence-electron chi connectivity index (χ4n) is 2.93. The zero-order valence-electron chi connectivity index (χ0n) is 15.2. The minimum atomic E-state index is -0.186. The van der Waals surface area contributed by atoms with Crippen molar-refractivity contribution in [1.82, 2.24) is 15.0 Å². The van der Waals surface area contributed by atoms with Crippen LogP contribution in [0.15, 0.2) is 58.7 Å². The van der Waals surface area contributed by atoms with Crippen LogP contribution in [0.5, 0.6) is 0 Å². The van der Waals surface area contributed by atoms with E-state index in [0.29, 0.717) is 23.1 Å². The Morgan fingerprint density at radius 3 is 2.64 bits per heavy atom. The summed E-state index contributed by atoms with van der Waals surface area (Å²) in [5, 5.41) is 6.45. The Balaban J connectivity index is 1.39. The van der Waals surface area contributed by atoms with Gasteiger partial charge in [-0.25, -0.2) is 9.97 Å². The van der Waals surface area contributed by atoms with Crippen LogP contribution in [0.3, 0.4) is 0 Å². The number of benzene rings is 2. The van der Waals surface area contributed by atoms with Crippen molar-refractivity contribution in [3.05, 3.63) is 75.1 Å². The van der Waals surface area contributed by atoms with Gasteiger partial charge >= 0.3 is 0 Å². The first-order chi connectivity index (χ1) is 13.6. The molecule has 0 unspecified atom stereocenters. The Morgan fingerprint density at radius 1 is 1.11 bits per heavy atom. The van der Waals surface area contributed by atoms with Crippen LogP contribution in [0, 0.1) is 6.92 Å². The molecule has 0 fully saturated rings. The fourth-order valence-corrected chi connectivity index (χ4v) is 3.55. The van der Waals surface area contributed by atoms with Crippen LogP contribution in [-0.2, 0) is 11.2 Å². The summed E-state index contributed by atoms with van der Waals surface area (Å²) in [7, 11) is 0. The van der Waals surface area contributed by atoms with Gasteiger partial charge in [0, 0.05) is 29.5 Å². The summed E-state index contributed by atoms with van der Waals surface area (Å²) in [6.45, 7) is 1.97. The van der Waals surface area contributed by atoms with Crippen molar-refractivity contribution >= 4 is 33.8 Å². The molecule has 2 aromatic heterocycles. The van der Waals surface area contributed by atoms with Crippen molar-refractivity contribution < 1.29 is 4.79 Å². The molecule has 6 nitrogen and oxygen atoms in total. The third kappa shape index (κ3) is 3.99. The molecule has 2 heterocycles. The van der Waals surface area contributed by atoms with Crippen LogP contribution in [-0.4, -0.2) is 20.9 Å². The first-order valence-corrected chi connectivity index (χ1v) is 9.77. The number of hydrogen-bond donors (Lipinski definition) is 2. The number of fused-ring (bicyclic) bond motifs is 1. The second kappa shape index (κ2) is 7.74. The van der Waals surface area contributed by atoms with Gasteiger partial charge in [0.05, 0.1) is 21.6 Å². The van der Waals surface area contributed by atoms with Crippen LogP contribution in [0.4, 0.5) is 5.69 Å². The van der Waals surface area contributed by atoms with E-state index in [1.54, 1.807) is 29.5 Å². The molecule has 0 atom stereocenters. The molecule has 0 aliphatic rings. The Labute approximate surface area is 165 Å². The van der Waals surface area contributed by atoms with Gasteiger partial charge in [-0.2, -0.15) is 0 Å². The van der Waals surface area contributed by atoms with Crippen molar-refractivity contribution in [2.24, 2.45) is 0 Å². The third-order valence-corrected chi connectivity index (χ3v) is 5.11. The van der Waals surface area contributed by atoms with Gasteiger partial charge in [0.15, 0.2) is 0 Å². The predicted molar refractivity (Wildman–Crippen MR) is 112 cm³/mol. The molecule has 0 aliphatic heterocycles. The summed E-state index contributed by atoms with van der Waals surface area (Å²) in [4.78, 5) is 36.0. The van der Waals surface area contributed by atoms with Crippen LogP contribution >= 0.6 is 11.3 Å². The number of rotatable bonds is 5. The number of thiazole rings is 1. The molecule has 0 radical (unpaired) electrons. The maximum absolute atomic E-state index is 12.3. The van der Waals surface area contributed by atoms with E-state index in [9.17, 15) is 9.59 Å². The quantitative estimate of drug-likeness (QED) is 0.540. The number of nitrogens with zero attached hydrogens (tertiary/aromatic N) is 2. The average molecular weight is 390 g/mol. The SMILES string of the molecule is Cc1nc(-c2ccc(NC(=O)CCc3nc4ccccc4c(=O)[nH]3)cc2)cs1. The van der Waals surface area contributed by atoms with E-state index in [-0.39, 0.29) is 17.9 Å². The van der Waals surface area contributed by atoms with Crippen LogP contribution in [0.25, 0.3) is 22.2 Å². The molecule has 4 aromatic rings. The normalized spacial score (nSPS) is 10.9. The molecule has 2 N–H and O–H groups in total. The summed E-state index contributed by atoms with van der Waals surface area (Å²) >= 11 is 1.61. The summed E-state index contributed by atoms with van der Waals surface area (Å²) in [5.74, 6) is 0.376. The summed E-state index contributed by atoms with van der Waals surface area (Å²) in [6, 6.07) is 14.7. The molecular weight excluding hydrogens is 372 g/mol. The molecule has 4 rings (SSSR count). The lowest BCUT2D eigenvalue weighted by atomic mass is 10.1. The van der Waals surface area contributed by atoms with Gasteiger partial charge in [-0.3, -0.25) is 9.59 Å². The first-order valence-electron chi connectivity index (χ1n) is 8.89. The Kier molecular flexibility index (Phi) is 4.99. The summed E-state index contributed by atoms with van der Waals surface area (Å²) in [6.07, 6.45) is 0.594. The maximum atomic E-state index is 12.3. The number of aryl methyl sites for hydroxylation is 2. The Morgan fingerprint density at radius 2 is 1.89 bits per heavy atom. The van der Waals surface area contributed by atoms with Crippen molar-refractivity contribution in [2.45, 2.75) is 19.8 Å². The van der Waals surface area contributed by atoms with Gasteiger partial charge in [0.1, 0.15) is 5.82 Å². The number of nitrogens with one attached hydrogen (secondary N) is 2. The molecule has 0 saturated carbocycles. The number of carbonyl (C=O) groups is 1. The fraction of sp³-hybridized carbons (Fsp3) is 0.143. The Bertz CT molecular complexity index is 1190. The average Bonchev–Trinajstić information content (AvgIpc) is 3.13. The minimum absolute atomic E-state index is 0.131. The lowest BCUT2D eigenvalue weighted by molar-refractivity contribution is -0.116. The van der Waals surface area contributed by atoms with Crippen molar-refractivity contribution in [1.29, 1.82) is 0 Å². The van der Waals surface area contributed by atoms with Gasteiger partial charge in [-0.05, 0) is 31.2 Å². The lowest BCUT2D eigenvalue weighted by Crippen LogP contribution is -2.16. The highest BCUT2D eigenvalue weighted by Gasteiger charge is 2.08. The number of anilines is 1. The summed E-state index contributed by atoms with van der Waals surface area (Å²) in [5.41, 5.74) is 3.12. The topological polar surface area (TPSA) is 87.7 Å². The number of aromatic nitrogens is 3. The van der Waals surface area contributed by atoms with Gasteiger partial charge in [0.25, 0.3) is 5.56 Å². The zero-order valence-corrected chi connectivity index (χ0v) is 16.0. The van der Waals surface area contributed by atoms with Crippen molar-refractivity contribution in [3.8, 4) is 11.3 Å². The van der Waals surface area contributed by atoms with E-state index in [4.69, 9.17) is 0 Å². The highest BCUT2D eigenvalue weighted by Crippen LogP contribution is 2.23.